The van der Waals surface area contributed by atoms with Crippen LogP contribution in [0, 0.1) is 0 Å². The maximum atomic E-state index is 6.03. The van der Waals surface area contributed by atoms with Crippen molar-refractivity contribution in [3.63, 3.8) is 0 Å². The minimum absolute atomic E-state index is 0.00901. The average Bonchev–Trinajstić information content (AvgIpc) is 3.17. The first kappa shape index (κ1) is 17.0. The van der Waals surface area contributed by atoms with Gasteiger partial charge >= 0.3 is 0 Å². The molecule has 1 unspecified atom stereocenters. The molecule has 1 saturated carbocycles. The Bertz CT molecular complexity index is 565. The molecule has 6 heteroatoms. The number of guanidine groups is 1. The molecule has 1 heterocycles. The predicted molar refractivity (Wildman–Crippen MR) is 94.3 cm³/mol. The predicted octanol–water partition coefficient (Wildman–Crippen LogP) is 2.89. The molecule has 1 aromatic carbocycles. The van der Waals surface area contributed by atoms with E-state index in [1.165, 1.54) is 12.8 Å². The Labute approximate surface area is 143 Å². The van der Waals surface area contributed by atoms with Crippen molar-refractivity contribution in [2.45, 2.75) is 57.5 Å². The Morgan fingerprint density at radius 1 is 1.33 bits per heavy atom. The van der Waals surface area contributed by atoms with Crippen molar-refractivity contribution in [1.82, 2.24) is 0 Å². The van der Waals surface area contributed by atoms with Gasteiger partial charge in [0.05, 0.1) is 19.3 Å². The number of anilines is 1. The third-order valence-electron chi connectivity index (χ3n) is 4.24. The topological polar surface area (TPSA) is 78.1 Å². The van der Waals surface area contributed by atoms with Gasteiger partial charge in [0.1, 0.15) is 11.9 Å². The fourth-order valence-corrected chi connectivity index (χ4v) is 3.16. The molecule has 1 aliphatic heterocycles. The summed E-state index contributed by atoms with van der Waals surface area (Å²) in [6.45, 7) is 5.11. The van der Waals surface area contributed by atoms with Crippen LogP contribution < -0.4 is 15.8 Å². The minimum Gasteiger partial charge on any atom is -0.491 e. The number of ether oxygens (including phenoxy) is 3. The number of benzene rings is 1. The lowest BCUT2D eigenvalue weighted by Gasteiger charge is -2.21. The lowest BCUT2D eigenvalue weighted by Crippen LogP contribution is -2.28. The normalized spacial score (nSPS) is 23.1. The molecule has 3 N–H and O–H groups in total. The van der Waals surface area contributed by atoms with Gasteiger partial charge in [-0.15, -0.1) is 0 Å². The molecule has 0 aromatic heterocycles. The van der Waals surface area contributed by atoms with Crippen LogP contribution in [0.25, 0.3) is 0 Å². The number of aliphatic imine (C=N–C) groups is 1. The molecule has 132 valence electrons. The first-order valence-corrected chi connectivity index (χ1v) is 8.70. The van der Waals surface area contributed by atoms with Gasteiger partial charge in [-0.2, -0.15) is 0 Å². The molecule has 0 radical (unpaired) electrons. The van der Waals surface area contributed by atoms with Crippen molar-refractivity contribution < 1.29 is 14.2 Å². The number of nitrogens with one attached hydrogen (secondary N) is 1. The van der Waals surface area contributed by atoms with Gasteiger partial charge < -0.3 is 25.3 Å². The van der Waals surface area contributed by atoms with Crippen LogP contribution in [0.3, 0.4) is 0 Å². The molecular weight excluding hydrogens is 306 g/mol. The van der Waals surface area contributed by atoms with E-state index in [2.05, 4.69) is 10.3 Å². The standard InChI is InChI=1S/C18H27N3O3/c1-13(2)23-15-7-5-14(6-8-15)21-17(19)20-11-16-12-22-18(24-16)9-3-4-10-18/h5-8,13,16H,3-4,9-12H2,1-2H3,(H3,19,20,21). The van der Waals surface area contributed by atoms with E-state index in [4.69, 9.17) is 19.9 Å². The van der Waals surface area contributed by atoms with Gasteiger partial charge in [0.2, 0.25) is 0 Å². The van der Waals surface area contributed by atoms with Crippen LogP contribution in [-0.2, 0) is 9.47 Å². The van der Waals surface area contributed by atoms with Crippen LogP contribution in [-0.4, -0.2) is 37.1 Å². The number of rotatable bonds is 5. The van der Waals surface area contributed by atoms with Gasteiger partial charge in [0.15, 0.2) is 11.7 Å². The second-order valence-corrected chi connectivity index (χ2v) is 6.71. The summed E-state index contributed by atoms with van der Waals surface area (Å²) < 4.78 is 17.5. The zero-order valence-electron chi connectivity index (χ0n) is 14.5. The summed E-state index contributed by atoms with van der Waals surface area (Å²) in [5.41, 5.74) is 6.84. The number of nitrogens with zero attached hydrogens (tertiary/aromatic N) is 1. The Kier molecular flexibility index (Phi) is 5.26. The van der Waals surface area contributed by atoms with Crippen LogP contribution in [0.2, 0.25) is 0 Å². The smallest absolute Gasteiger partial charge is 0.193 e. The highest BCUT2D eigenvalue weighted by Crippen LogP contribution is 2.39. The zero-order valence-corrected chi connectivity index (χ0v) is 14.5. The van der Waals surface area contributed by atoms with E-state index in [1.54, 1.807) is 0 Å². The summed E-state index contributed by atoms with van der Waals surface area (Å²) in [7, 11) is 0. The van der Waals surface area contributed by atoms with E-state index in [1.807, 2.05) is 38.1 Å². The quantitative estimate of drug-likeness (QED) is 0.640. The van der Waals surface area contributed by atoms with Crippen molar-refractivity contribution in [2.24, 2.45) is 10.7 Å². The number of hydrogen-bond donors (Lipinski definition) is 2. The highest BCUT2D eigenvalue weighted by Gasteiger charge is 2.43. The van der Waals surface area contributed by atoms with Crippen LogP contribution in [0.5, 0.6) is 5.75 Å². The summed E-state index contributed by atoms with van der Waals surface area (Å²) in [6, 6.07) is 7.66. The SMILES string of the molecule is CC(C)Oc1ccc(NC(N)=NCC2COC3(CCCC3)O2)cc1. The van der Waals surface area contributed by atoms with Crippen LogP contribution in [0.1, 0.15) is 39.5 Å². The summed E-state index contributed by atoms with van der Waals surface area (Å²) in [5, 5.41) is 3.08. The van der Waals surface area contributed by atoms with Crippen molar-refractivity contribution in [1.29, 1.82) is 0 Å². The van der Waals surface area contributed by atoms with Crippen molar-refractivity contribution >= 4 is 11.6 Å². The van der Waals surface area contributed by atoms with E-state index in [0.29, 0.717) is 19.1 Å². The van der Waals surface area contributed by atoms with E-state index in [9.17, 15) is 0 Å². The Morgan fingerprint density at radius 2 is 2.04 bits per heavy atom. The molecular formula is C18H27N3O3. The highest BCUT2D eigenvalue weighted by atomic mass is 16.7. The van der Waals surface area contributed by atoms with E-state index >= 15 is 0 Å². The molecule has 0 bridgehead atoms. The molecule has 6 nitrogen and oxygen atoms in total. The molecule has 3 rings (SSSR count). The van der Waals surface area contributed by atoms with E-state index < -0.39 is 0 Å². The van der Waals surface area contributed by atoms with Crippen LogP contribution in [0.15, 0.2) is 29.3 Å². The van der Waals surface area contributed by atoms with Crippen LogP contribution >= 0.6 is 0 Å². The van der Waals surface area contributed by atoms with Gasteiger partial charge in [0, 0.05) is 18.5 Å². The fraction of sp³-hybridized carbons (Fsp3) is 0.611. The lowest BCUT2D eigenvalue weighted by molar-refractivity contribution is -0.160. The largest absolute Gasteiger partial charge is 0.491 e. The summed E-state index contributed by atoms with van der Waals surface area (Å²) >= 11 is 0. The molecule has 1 saturated heterocycles. The van der Waals surface area contributed by atoms with Crippen LogP contribution in [0.4, 0.5) is 5.69 Å². The molecule has 1 spiro atoms. The van der Waals surface area contributed by atoms with Crippen molar-refractivity contribution in [2.75, 3.05) is 18.5 Å². The third-order valence-corrected chi connectivity index (χ3v) is 4.24. The summed E-state index contributed by atoms with van der Waals surface area (Å²) in [4.78, 5) is 4.37. The average molecular weight is 333 g/mol. The first-order valence-electron chi connectivity index (χ1n) is 8.70. The third kappa shape index (κ3) is 4.39. The molecule has 1 aromatic rings. The van der Waals surface area contributed by atoms with Crippen molar-refractivity contribution in [3.8, 4) is 5.75 Å². The molecule has 1 atom stereocenters. The fourth-order valence-electron chi connectivity index (χ4n) is 3.16. The molecule has 1 aliphatic carbocycles. The van der Waals surface area contributed by atoms with E-state index in [-0.39, 0.29) is 18.0 Å². The molecule has 2 fully saturated rings. The Balaban J connectivity index is 1.48. The molecule has 2 aliphatic rings. The Hall–Kier alpha value is -1.79. The monoisotopic (exact) mass is 333 g/mol. The van der Waals surface area contributed by atoms with Gasteiger partial charge in [-0.1, -0.05) is 0 Å². The molecule has 24 heavy (non-hydrogen) atoms. The molecule has 0 amide bonds. The summed E-state index contributed by atoms with van der Waals surface area (Å²) in [6.07, 6.45) is 4.49. The van der Waals surface area contributed by atoms with E-state index in [0.717, 1.165) is 24.3 Å². The maximum Gasteiger partial charge on any atom is 0.193 e. The first-order chi connectivity index (χ1) is 11.5. The van der Waals surface area contributed by atoms with Gasteiger partial charge in [0.25, 0.3) is 0 Å². The van der Waals surface area contributed by atoms with Crippen molar-refractivity contribution in [3.05, 3.63) is 24.3 Å². The van der Waals surface area contributed by atoms with Gasteiger partial charge in [-0.05, 0) is 51.0 Å². The second kappa shape index (κ2) is 7.40. The second-order valence-electron chi connectivity index (χ2n) is 6.71. The summed E-state index contributed by atoms with van der Waals surface area (Å²) in [5.74, 6) is 0.877. The lowest BCUT2D eigenvalue weighted by atomic mass is 10.2. The highest BCUT2D eigenvalue weighted by molar-refractivity contribution is 5.92. The number of hydrogen-bond acceptors (Lipinski definition) is 4. The number of nitrogens with two attached hydrogens (primary N) is 1. The van der Waals surface area contributed by atoms with Gasteiger partial charge in [-0.3, -0.25) is 4.99 Å². The minimum atomic E-state index is -0.339. The Morgan fingerprint density at radius 3 is 2.71 bits per heavy atom. The zero-order chi connectivity index (χ0) is 17.0. The van der Waals surface area contributed by atoms with Gasteiger partial charge in [-0.25, -0.2) is 0 Å². The maximum absolute atomic E-state index is 6.03.